The van der Waals surface area contributed by atoms with Gasteiger partial charge in [0, 0.05) is 7.11 Å². The molecule has 0 aromatic heterocycles. The van der Waals surface area contributed by atoms with Gasteiger partial charge in [-0.1, -0.05) is 12.1 Å². The molecule has 0 aliphatic rings. The van der Waals surface area contributed by atoms with Crippen LogP contribution in [0.5, 0.6) is 0 Å². The summed E-state index contributed by atoms with van der Waals surface area (Å²) in [7, 11) is 3.04. The molecule has 0 saturated heterocycles. The van der Waals surface area contributed by atoms with E-state index in [0.29, 0.717) is 5.56 Å². The van der Waals surface area contributed by atoms with Gasteiger partial charge in [-0.3, -0.25) is 0 Å². The van der Waals surface area contributed by atoms with E-state index in [9.17, 15) is 4.79 Å². The first kappa shape index (κ1) is 11.7. The first-order valence-corrected chi connectivity index (χ1v) is 4.81. The van der Waals surface area contributed by atoms with Gasteiger partial charge in [-0.25, -0.2) is 4.79 Å². The van der Waals surface area contributed by atoms with E-state index in [1.165, 1.54) is 7.11 Å². The van der Waals surface area contributed by atoms with Crippen LogP contribution in [-0.2, 0) is 9.47 Å². The number of hydrogen-bond donors (Lipinski definition) is 0. The number of ether oxygens (including phenoxy) is 2. The van der Waals surface area contributed by atoms with Crippen LogP contribution in [0.15, 0.2) is 18.2 Å². The van der Waals surface area contributed by atoms with Gasteiger partial charge in [-0.05, 0) is 31.0 Å². The van der Waals surface area contributed by atoms with Crippen molar-refractivity contribution in [3.05, 3.63) is 34.9 Å². The van der Waals surface area contributed by atoms with Crippen LogP contribution in [-0.4, -0.2) is 20.2 Å². The topological polar surface area (TPSA) is 35.5 Å². The zero-order valence-electron chi connectivity index (χ0n) is 9.53. The summed E-state index contributed by atoms with van der Waals surface area (Å²) in [5.74, 6) is -0.302. The lowest BCUT2D eigenvalue weighted by Gasteiger charge is -2.12. The molecule has 1 rings (SSSR count). The first-order valence-electron chi connectivity index (χ1n) is 4.81. The quantitative estimate of drug-likeness (QED) is 0.716. The zero-order chi connectivity index (χ0) is 11.4. The second-order valence-corrected chi connectivity index (χ2v) is 3.44. The van der Waals surface area contributed by atoms with Crippen LogP contribution in [0, 0.1) is 6.92 Å². The second-order valence-electron chi connectivity index (χ2n) is 3.44. The molecule has 0 radical (unpaired) electrons. The van der Waals surface area contributed by atoms with Crippen molar-refractivity contribution < 1.29 is 14.3 Å². The van der Waals surface area contributed by atoms with Gasteiger partial charge in [0.15, 0.2) is 0 Å². The molecule has 0 N–H and O–H groups in total. The SMILES string of the molecule is COC(=O)c1ccc(C(C)OC)cc1C. The summed E-state index contributed by atoms with van der Waals surface area (Å²) < 4.78 is 9.88. The molecule has 1 aromatic rings. The second kappa shape index (κ2) is 4.94. The van der Waals surface area contributed by atoms with Crippen LogP contribution >= 0.6 is 0 Å². The lowest BCUT2D eigenvalue weighted by Crippen LogP contribution is -2.05. The average Bonchev–Trinajstić information content (AvgIpc) is 2.26. The minimum absolute atomic E-state index is 0.0374. The van der Waals surface area contributed by atoms with Gasteiger partial charge in [-0.15, -0.1) is 0 Å². The van der Waals surface area contributed by atoms with Crippen LogP contribution < -0.4 is 0 Å². The summed E-state index contributed by atoms with van der Waals surface area (Å²) in [6, 6.07) is 5.60. The molecular formula is C12H16O3. The Hall–Kier alpha value is -1.35. The Morgan fingerprint density at radius 2 is 2.00 bits per heavy atom. The van der Waals surface area contributed by atoms with Crippen LogP contribution in [0.2, 0.25) is 0 Å². The van der Waals surface area contributed by atoms with Crippen LogP contribution in [0.3, 0.4) is 0 Å². The monoisotopic (exact) mass is 208 g/mol. The van der Waals surface area contributed by atoms with Gasteiger partial charge in [0.25, 0.3) is 0 Å². The molecular weight excluding hydrogens is 192 g/mol. The van der Waals surface area contributed by atoms with E-state index in [4.69, 9.17) is 4.74 Å². The summed E-state index contributed by atoms with van der Waals surface area (Å²) in [5, 5.41) is 0. The molecule has 1 atom stereocenters. The minimum Gasteiger partial charge on any atom is -0.465 e. The highest BCUT2D eigenvalue weighted by molar-refractivity contribution is 5.90. The highest BCUT2D eigenvalue weighted by atomic mass is 16.5. The van der Waals surface area contributed by atoms with Gasteiger partial charge in [0.05, 0.1) is 18.8 Å². The Balaban J connectivity index is 3.03. The standard InChI is InChI=1S/C12H16O3/c1-8-7-10(9(2)14-3)5-6-11(8)12(13)15-4/h5-7,9H,1-4H3. The molecule has 0 fully saturated rings. The highest BCUT2D eigenvalue weighted by Gasteiger charge is 2.11. The van der Waals surface area contributed by atoms with Crippen molar-refractivity contribution in [2.75, 3.05) is 14.2 Å². The Morgan fingerprint density at radius 3 is 2.47 bits per heavy atom. The van der Waals surface area contributed by atoms with Crippen molar-refractivity contribution in [2.45, 2.75) is 20.0 Å². The molecule has 0 bridgehead atoms. The van der Waals surface area contributed by atoms with Crippen LogP contribution in [0.4, 0.5) is 0 Å². The van der Waals surface area contributed by atoms with Crippen molar-refractivity contribution in [3.63, 3.8) is 0 Å². The summed E-state index contributed by atoms with van der Waals surface area (Å²) in [6.45, 7) is 3.85. The fourth-order valence-corrected chi connectivity index (χ4v) is 1.41. The predicted molar refractivity (Wildman–Crippen MR) is 57.9 cm³/mol. The normalized spacial score (nSPS) is 12.3. The summed E-state index contributed by atoms with van der Waals surface area (Å²) in [6.07, 6.45) is 0.0374. The van der Waals surface area contributed by atoms with Crippen LogP contribution in [0.25, 0.3) is 0 Å². The number of methoxy groups -OCH3 is 2. The molecule has 0 aliphatic carbocycles. The molecule has 3 nitrogen and oxygen atoms in total. The molecule has 0 aliphatic heterocycles. The fourth-order valence-electron chi connectivity index (χ4n) is 1.41. The molecule has 0 saturated carbocycles. The maximum atomic E-state index is 11.3. The molecule has 15 heavy (non-hydrogen) atoms. The zero-order valence-corrected chi connectivity index (χ0v) is 9.53. The van der Waals surface area contributed by atoms with Crippen molar-refractivity contribution in [3.8, 4) is 0 Å². The van der Waals surface area contributed by atoms with E-state index >= 15 is 0 Å². The molecule has 0 spiro atoms. The van der Waals surface area contributed by atoms with E-state index < -0.39 is 0 Å². The lowest BCUT2D eigenvalue weighted by atomic mass is 10.0. The first-order chi connectivity index (χ1) is 7.10. The molecule has 0 amide bonds. The number of hydrogen-bond acceptors (Lipinski definition) is 3. The van der Waals surface area contributed by atoms with E-state index in [1.807, 2.05) is 26.0 Å². The number of rotatable bonds is 3. The summed E-state index contributed by atoms with van der Waals surface area (Å²) in [4.78, 5) is 11.3. The van der Waals surface area contributed by atoms with E-state index in [0.717, 1.165) is 11.1 Å². The van der Waals surface area contributed by atoms with Crippen molar-refractivity contribution in [1.82, 2.24) is 0 Å². The number of benzene rings is 1. The van der Waals surface area contributed by atoms with Gasteiger partial charge >= 0.3 is 5.97 Å². The maximum absolute atomic E-state index is 11.3. The molecule has 1 unspecified atom stereocenters. The van der Waals surface area contributed by atoms with Gasteiger partial charge < -0.3 is 9.47 Å². The van der Waals surface area contributed by atoms with Gasteiger partial charge in [0.1, 0.15) is 0 Å². The van der Waals surface area contributed by atoms with E-state index in [1.54, 1.807) is 13.2 Å². The van der Waals surface area contributed by atoms with Gasteiger partial charge in [0.2, 0.25) is 0 Å². The minimum atomic E-state index is -0.302. The van der Waals surface area contributed by atoms with Crippen LogP contribution in [0.1, 0.15) is 34.5 Å². The number of carbonyl (C=O) groups excluding carboxylic acids is 1. The van der Waals surface area contributed by atoms with E-state index in [-0.39, 0.29) is 12.1 Å². The van der Waals surface area contributed by atoms with Gasteiger partial charge in [-0.2, -0.15) is 0 Å². The predicted octanol–water partition coefficient (Wildman–Crippen LogP) is 2.49. The average molecular weight is 208 g/mol. The molecule has 3 heteroatoms. The molecule has 82 valence electrons. The third-order valence-corrected chi connectivity index (χ3v) is 2.48. The maximum Gasteiger partial charge on any atom is 0.338 e. The smallest absolute Gasteiger partial charge is 0.338 e. The Morgan fingerprint density at radius 1 is 1.33 bits per heavy atom. The Kier molecular flexibility index (Phi) is 3.86. The number of esters is 1. The third kappa shape index (κ3) is 2.57. The van der Waals surface area contributed by atoms with Crippen molar-refractivity contribution in [1.29, 1.82) is 0 Å². The molecule has 1 aromatic carbocycles. The fraction of sp³-hybridized carbons (Fsp3) is 0.417. The van der Waals surface area contributed by atoms with E-state index in [2.05, 4.69) is 4.74 Å². The lowest BCUT2D eigenvalue weighted by molar-refractivity contribution is 0.0599. The van der Waals surface area contributed by atoms with Crippen molar-refractivity contribution >= 4 is 5.97 Å². The van der Waals surface area contributed by atoms with Crippen molar-refractivity contribution in [2.24, 2.45) is 0 Å². The number of carbonyl (C=O) groups is 1. The largest absolute Gasteiger partial charge is 0.465 e. The molecule has 0 heterocycles. The summed E-state index contributed by atoms with van der Waals surface area (Å²) in [5.41, 5.74) is 2.57. The Bertz CT molecular complexity index is 358. The third-order valence-electron chi connectivity index (χ3n) is 2.48. The summed E-state index contributed by atoms with van der Waals surface area (Å²) >= 11 is 0. The highest BCUT2D eigenvalue weighted by Crippen LogP contribution is 2.19. The number of aryl methyl sites for hydroxylation is 1. The Labute approximate surface area is 90.0 Å².